The molecule has 2 aromatic rings. The van der Waals surface area contributed by atoms with Crippen molar-refractivity contribution in [3.05, 3.63) is 23.9 Å². The highest BCUT2D eigenvalue weighted by Crippen LogP contribution is 2.48. The van der Waals surface area contributed by atoms with Crippen molar-refractivity contribution in [2.24, 2.45) is 23.2 Å². The number of benzene rings is 1. The second-order valence-corrected chi connectivity index (χ2v) is 16.6. The summed E-state index contributed by atoms with van der Waals surface area (Å²) in [5.41, 5.74) is -0.833. The number of hydrogen-bond acceptors (Lipinski definition) is 9. The lowest BCUT2D eigenvalue weighted by molar-refractivity contribution is -0.144. The first kappa shape index (κ1) is 42.8. The van der Waals surface area contributed by atoms with Crippen molar-refractivity contribution in [1.29, 1.82) is 0 Å². The summed E-state index contributed by atoms with van der Waals surface area (Å²) in [5.74, 6) is -3.12. The number of carbonyl (C=O) groups is 4. The molecule has 3 aliphatic rings. The summed E-state index contributed by atoms with van der Waals surface area (Å²) in [6.07, 6.45) is 1.79. The number of nitrogens with one attached hydrogen (secondary N) is 3. The maximum atomic E-state index is 14.9. The van der Waals surface area contributed by atoms with Crippen LogP contribution in [0.5, 0.6) is 11.6 Å². The molecule has 13 nitrogen and oxygen atoms in total. The molecule has 2 bridgehead atoms. The van der Waals surface area contributed by atoms with Gasteiger partial charge in [-0.05, 0) is 68.4 Å². The van der Waals surface area contributed by atoms with Crippen LogP contribution in [0.3, 0.4) is 0 Å². The van der Waals surface area contributed by atoms with Crippen molar-refractivity contribution in [2.45, 2.75) is 142 Å². The van der Waals surface area contributed by atoms with Gasteiger partial charge in [-0.2, -0.15) is 0 Å². The van der Waals surface area contributed by atoms with Gasteiger partial charge in [-0.1, -0.05) is 60.8 Å². The largest absolute Gasteiger partial charge is 0.497 e. The third-order valence-electron chi connectivity index (χ3n) is 11.8. The fraction of sp³-hybridized carbons (Fsp3) is 0.707. The Morgan fingerprint density at radius 3 is 2.43 bits per heavy atom. The number of likely N-dealkylation sites (N-methyl/N-ethyl adjacent to an activating group) is 1. The second-order valence-electron chi connectivity index (χ2n) is 16.6. The van der Waals surface area contributed by atoms with Gasteiger partial charge in [0.05, 0.1) is 30.6 Å². The van der Waals surface area contributed by atoms with E-state index >= 15 is 0 Å². The molecule has 0 spiro atoms. The van der Waals surface area contributed by atoms with Crippen LogP contribution in [0, 0.1) is 23.2 Å². The number of fused-ring (bicyclic) bond motifs is 4. The van der Waals surface area contributed by atoms with Gasteiger partial charge in [-0.15, -0.1) is 0 Å². The van der Waals surface area contributed by atoms with E-state index in [0.717, 1.165) is 38.5 Å². The van der Waals surface area contributed by atoms with E-state index in [2.05, 4.69) is 22.9 Å². The van der Waals surface area contributed by atoms with E-state index in [-0.39, 0.29) is 30.9 Å². The molecule has 310 valence electrons. The predicted octanol–water partition coefficient (Wildman–Crippen LogP) is 5.96. The van der Waals surface area contributed by atoms with Gasteiger partial charge in [-0.25, -0.2) is 23.5 Å². The lowest BCUT2D eigenvalue weighted by Crippen LogP contribution is -2.61. The van der Waals surface area contributed by atoms with Crippen molar-refractivity contribution in [3.8, 4) is 11.6 Å². The number of aromatic nitrogens is 2. The minimum atomic E-state index is -2.85. The predicted molar refractivity (Wildman–Crippen MR) is 206 cm³/mol. The molecule has 0 radical (unpaired) electrons. The third-order valence-corrected chi connectivity index (χ3v) is 11.8. The number of nitrogens with zero attached hydrogens (tertiary/aromatic N) is 3. The first-order valence-corrected chi connectivity index (χ1v) is 20.2. The lowest BCUT2D eigenvalue weighted by atomic mass is 9.85. The van der Waals surface area contributed by atoms with E-state index in [1.165, 1.54) is 11.9 Å². The number of amides is 4. The van der Waals surface area contributed by atoms with Gasteiger partial charge in [0.2, 0.25) is 30.0 Å². The summed E-state index contributed by atoms with van der Waals surface area (Å²) in [5, 5.41) is 7.91. The summed E-state index contributed by atoms with van der Waals surface area (Å²) in [6, 6.07) is 3.04. The third kappa shape index (κ3) is 9.12. The zero-order chi connectivity index (χ0) is 40.9. The van der Waals surface area contributed by atoms with Gasteiger partial charge < -0.3 is 35.1 Å². The Balaban J connectivity index is 1.61. The van der Waals surface area contributed by atoms with Gasteiger partial charge in [0, 0.05) is 19.0 Å². The van der Waals surface area contributed by atoms with Crippen LogP contribution in [0.4, 0.5) is 13.6 Å². The van der Waals surface area contributed by atoms with Crippen LogP contribution in [0.25, 0.3) is 11.0 Å². The second kappa shape index (κ2) is 17.9. The number of hydrogen-bond donors (Lipinski definition) is 3. The molecule has 1 saturated carbocycles. The Kier molecular flexibility index (Phi) is 13.7. The highest BCUT2D eigenvalue weighted by Gasteiger charge is 2.66. The number of methoxy groups -OCH3 is 1. The fourth-order valence-corrected chi connectivity index (χ4v) is 8.58. The van der Waals surface area contributed by atoms with Crippen LogP contribution >= 0.6 is 0 Å². The molecular weight excluding hydrogens is 726 g/mol. The summed E-state index contributed by atoms with van der Waals surface area (Å²) in [7, 11) is 2.89. The van der Waals surface area contributed by atoms with Crippen LogP contribution < -0.4 is 25.4 Å². The number of ether oxygens (including phenoxy) is 3. The average Bonchev–Trinajstić information content (AvgIpc) is 3.78. The monoisotopic (exact) mass is 786 g/mol. The molecule has 3 N–H and O–H groups in total. The van der Waals surface area contributed by atoms with E-state index in [0.29, 0.717) is 41.7 Å². The van der Waals surface area contributed by atoms with Crippen molar-refractivity contribution in [1.82, 2.24) is 30.8 Å². The van der Waals surface area contributed by atoms with Gasteiger partial charge in [-0.3, -0.25) is 14.4 Å². The zero-order valence-electron chi connectivity index (χ0n) is 34.1. The average molecular weight is 787 g/mol. The Labute approximate surface area is 328 Å². The molecule has 1 aromatic carbocycles. The SMILES string of the molecule is CCC[C@H]1CCCCCc2nc3ccc(OC)cc3nc2O[C@H]2CN(C(=O)[C@H](C(C)(C)C)NC(=O)O[C@@H]1CC)[C@H](C(=O)N[C@]1(C(=O)NC)C[C@H]1C(F)F)C2CC. The molecule has 3 heterocycles. The summed E-state index contributed by atoms with van der Waals surface area (Å²) in [4.78, 5) is 67.4. The molecule has 4 amide bonds. The van der Waals surface area contributed by atoms with Gasteiger partial charge >= 0.3 is 6.09 Å². The number of aryl methyl sites for hydroxylation is 1. The van der Waals surface area contributed by atoms with E-state index in [9.17, 15) is 28.0 Å². The Morgan fingerprint density at radius 2 is 1.82 bits per heavy atom. The minimum Gasteiger partial charge on any atom is -0.497 e. The van der Waals surface area contributed by atoms with E-state index < -0.39 is 71.2 Å². The normalized spacial score (nSPS) is 29.0. The molecule has 1 saturated heterocycles. The van der Waals surface area contributed by atoms with E-state index in [4.69, 9.17) is 24.2 Å². The van der Waals surface area contributed by atoms with Crippen molar-refractivity contribution < 1.29 is 42.2 Å². The molecule has 2 fully saturated rings. The number of rotatable bonds is 9. The van der Waals surface area contributed by atoms with E-state index in [1.807, 2.05) is 26.0 Å². The topological polar surface area (TPSA) is 161 Å². The Morgan fingerprint density at radius 1 is 1.07 bits per heavy atom. The Bertz CT molecular complexity index is 1740. The molecule has 8 atom stereocenters. The van der Waals surface area contributed by atoms with Gasteiger partial charge in [0.15, 0.2) is 0 Å². The lowest BCUT2D eigenvalue weighted by Gasteiger charge is -2.36. The number of halogens is 2. The molecule has 2 aliphatic heterocycles. The zero-order valence-corrected chi connectivity index (χ0v) is 34.1. The Hall–Kier alpha value is -4.30. The van der Waals surface area contributed by atoms with Crippen LogP contribution in [-0.2, 0) is 25.5 Å². The standard InChI is InChI=1S/C41H60F2N6O7/c1-9-15-23-16-13-12-14-17-28-36(46-29-20-24(54-8)18-19-27(29)45-28)55-31-22-49(37(51)33(40(4,5)6)47-39(53)56-30(23)11-3)32(25(31)10-2)35(50)48-41(38(52)44-7)21-26(41)34(42)43/h18-20,23,25-26,30-34H,9-17,21-22H2,1-8H3,(H,44,52)(H,47,53)(H,48,50)/t23-,25?,26-,30+,31-,32-,33+,41+/m0/s1. The molecule has 56 heavy (non-hydrogen) atoms. The summed E-state index contributed by atoms with van der Waals surface area (Å²) >= 11 is 0. The smallest absolute Gasteiger partial charge is 0.408 e. The molecule has 1 unspecified atom stereocenters. The summed E-state index contributed by atoms with van der Waals surface area (Å²) in [6.45, 7) is 11.3. The highest BCUT2D eigenvalue weighted by molar-refractivity contribution is 5.98. The van der Waals surface area contributed by atoms with Crippen molar-refractivity contribution in [3.63, 3.8) is 0 Å². The number of alkyl carbamates (subject to hydrolysis) is 1. The molecule has 15 heteroatoms. The van der Waals surface area contributed by atoms with Crippen LogP contribution in [0.1, 0.15) is 105 Å². The van der Waals surface area contributed by atoms with Crippen LogP contribution in [-0.4, -0.2) is 95.6 Å². The van der Waals surface area contributed by atoms with Gasteiger partial charge in [0.25, 0.3) is 0 Å². The highest BCUT2D eigenvalue weighted by atomic mass is 19.3. The number of alkyl halides is 2. The molecule has 5 rings (SSSR count). The van der Waals surface area contributed by atoms with E-state index in [1.54, 1.807) is 33.9 Å². The summed E-state index contributed by atoms with van der Waals surface area (Å²) < 4.78 is 46.4. The first-order valence-electron chi connectivity index (χ1n) is 20.2. The van der Waals surface area contributed by atoms with Gasteiger partial charge in [0.1, 0.15) is 41.3 Å². The minimum absolute atomic E-state index is 0.0859. The van der Waals surface area contributed by atoms with Crippen molar-refractivity contribution >= 4 is 34.8 Å². The fourth-order valence-electron chi connectivity index (χ4n) is 8.58. The van der Waals surface area contributed by atoms with Crippen molar-refractivity contribution in [2.75, 3.05) is 20.7 Å². The quantitative estimate of drug-likeness (QED) is 0.279. The van der Waals surface area contributed by atoms with Crippen LogP contribution in [0.2, 0.25) is 0 Å². The maximum absolute atomic E-state index is 14.9. The first-order chi connectivity index (χ1) is 26.6. The number of carbonyl (C=O) groups excluding carboxylic acids is 4. The van der Waals surface area contributed by atoms with Crippen LogP contribution in [0.15, 0.2) is 18.2 Å². The molecular formula is C41H60F2N6O7. The molecule has 1 aromatic heterocycles. The molecule has 1 aliphatic carbocycles. The maximum Gasteiger partial charge on any atom is 0.408 e. The number of cyclic esters (lactones) is 1.